The van der Waals surface area contributed by atoms with Crippen LogP contribution in [0.5, 0.6) is 5.75 Å². The Labute approximate surface area is 111 Å². The van der Waals surface area contributed by atoms with Gasteiger partial charge in [-0.2, -0.15) is 0 Å². The minimum Gasteiger partial charge on any atom is -0.497 e. The van der Waals surface area contributed by atoms with Crippen LogP contribution in [-0.2, 0) is 6.42 Å². The van der Waals surface area contributed by atoms with E-state index in [1.807, 2.05) is 19.2 Å². The minimum absolute atomic E-state index is 0.930. The zero-order valence-electron chi connectivity index (χ0n) is 11.9. The fourth-order valence-electron chi connectivity index (χ4n) is 1.91. The van der Waals surface area contributed by atoms with Crippen molar-refractivity contribution in [1.29, 1.82) is 0 Å². The van der Waals surface area contributed by atoms with Crippen molar-refractivity contribution in [2.75, 3.05) is 40.8 Å². The van der Waals surface area contributed by atoms with E-state index in [4.69, 9.17) is 4.74 Å². The van der Waals surface area contributed by atoms with Gasteiger partial charge >= 0.3 is 0 Å². The fraction of sp³-hybridized carbons (Fsp3) is 0.600. The zero-order valence-corrected chi connectivity index (χ0v) is 11.9. The van der Waals surface area contributed by atoms with Crippen molar-refractivity contribution in [3.8, 4) is 5.75 Å². The second-order valence-corrected chi connectivity index (χ2v) is 4.71. The van der Waals surface area contributed by atoms with Crippen LogP contribution in [0.15, 0.2) is 24.3 Å². The molecule has 1 rings (SSSR count). The lowest BCUT2D eigenvalue weighted by atomic mass is 10.1. The normalized spacial score (nSPS) is 10.9. The highest BCUT2D eigenvalue weighted by atomic mass is 16.5. The molecule has 3 nitrogen and oxygen atoms in total. The van der Waals surface area contributed by atoms with Crippen LogP contribution in [-0.4, -0.2) is 45.7 Å². The molecule has 0 aromatic heterocycles. The zero-order chi connectivity index (χ0) is 13.2. The van der Waals surface area contributed by atoms with Gasteiger partial charge in [0.25, 0.3) is 0 Å². The van der Waals surface area contributed by atoms with E-state index in [0.29, 0.717) is 0 Å². The maximum atomic E-state index is 5.15. The molecule has 18 heavy (non-hydrogen) atoms. The van der Waals surface area contributed by atoms with Gasteiger partial charge in [-0.1, -0.05) is 12.1 Å². The molecule has 0 unspecified atom stereocenters. The Kier molecular flexibility index (Phi) is 7.46. The third-order valence-corrected chi connectivity index (χ3v) is 3.16. The number of benzene rings is 1. The Morgan fingerprint density at radius 1 is 1.11 bits per heavy atom. The molecule has 3 heteroatoms. The lowest BCUT2D eigenvalue weighted by Gasteiger charge is -2.16. The predicted molar refractivity (Wildman–Crippen MR) is 77.4 cm³/mol. The van der Waals surface area contributed by atoms with Gasteiger partial charge in [-0.25, -0.2) is 0 Å². The number of rotatable bonds is 9. The molecule has 0 atom stereocenters. The van der Waals surface area contributed by atoms with Crippen molar-refractivity contribution in [2.45, 2.75) is 19.3 Å². The number of unbranched alkanes of at least 4 members (excludes halogenated alkanes) is 1. The van der Waals surface area contributed by atoms with Crippen LogP contribution in [0.2, 0.25) is 0 Å². The smallest absolute Gasteiger partial charge is 0.118 e. The first-order valence-electron chi connectivity index (χ1n) is 6.72. The summed E-state index contributed by atoms with van der Waals surface area (Å²) in [5.74, 6) is 0.930. The standard InChI is InChI=1S/C15H26N2O/c1-16-11-4-5-12-17(2)13-10-14-6-8-15(18-3)9-7-14/h6-9,16H,4-5,10-13H2,1-3H3. The summed E-state index contributed by atoms with van der Waals surface area (Å²) in [5.41, 5.74) is 1.37. The van der Waals surface area contributed by atoms with Crippen molar-refractivity contribution in [1.82, 2.24) is 10.2 Å². The Hall–Kier alpha value is -1.06. The summed E-state index contributed by atoms with van der Waals surface area (Å²) in [7, 11) is 5.91. The van der Waals surface area contributed by atoms with Crippen LogP contribution in [0, 0.1) is 0 Å². The molecule has 0 radical (unpaired) electrons. The second kappa shape index (κ2) is 8.95. The monoisotopic (exact) mass is 250 g/mol. The van der Waals surface area contributed by atoms with Gasteiger partial charge in [-0.3, -0.25) is 0 Å². The molecule has 0 aliphatic heterocycles. The Morgan fingerprint density at radius 2 is 1.83 bits per heavy atom. The predicted octanol–water partition coefficient (Wildman–Crippen LogP) is 2.17. The Morgan fingerprint density at radius 3 is 2.44 bits per heavy atom. The van der Waals surface area contributed by atoms with Crippen LogP contribution >= 0.6 is 0 Å². The summed E-state index contributed by atoms with van der Waals surface area (Å²) in [5, 5.41) is 3.18. The first-order chi connectivity index (χ1) is 8.76. The molecular formula is C15H26N2O. The van der Waals surface area contributed by atoms with E-state index in [1.54, 1.807) is 7.11 Å². The molecule has 1 N–H and O–H groups in total. The molecule has 0 aliphatic rings. The number of likely N-dealkylation sites (N-methyl/N-ethyl adjacent to an activating group) is 1. The highest BCUT2D eigenvalue weighted by Crippen LogP contribution is 2.11. The highest BCUT2D eigenvalue weighted by Gasteiger charge is 2.00. The van der Waals surface area contributed by atoms with E-state index in [1.165, 1.54) is 24.9 Å². The van der Waals surface area contributed by atoms with Crippen LogP contribution in [0.1, 0.15) is 18.4 Å². The lowest BCUT2D eigenvalue weighted by Crippen LogP contribution is -2.23. The minimum atomic E-state index is 0.930. The van der Waals surface area contributed by atoms with Crippen LogP contribution in [0.4, 0.5) is 0 Å². The molecule has 0 fully saturated rings. The molecule has 0 heterocycles. The highest BCUT2D eigenvalue weighted by molar-refractivity contribution is 5.27. The van der Waals surface area contributed by atoms with Gasteiger partial charge < -0.3 is 15.0 Å². The Bertz CT molecular complexity index is 311. The lowest BCUT2D eigenvalue weighted by molar-refractivity contribution is 0.329. The molecule has 0 saturated carbocycles. The van der Waals surface area contributed by atoms with Gasteiger partial charge in [-0.15, -0.1) is 0 Å². The van der Waals surface area contributed by atoms with E-state index < -0.39 is 0 Å². The van der Waals surface area contributed by atoms with Crippen molar-refractivity contribution < 1.29 is 4.74 Å². The number of ether oxygens (including phenoxy) is 1. The van der Waals surface area contributed by atoms with Crippen molar-refractivity contribution >= 4 is 0 Å². The van der Waals surface area contributed by atoms with E-state index >= 15 is 0 Å². The number of hydrogen-bond donors (Lipinski definition) is 1. The molecule has 102 valence electrons. The summed E-state index contributed by atoms with van der Waals surface area (Å²) in [6.45, 7) is 3.41. The molecule has 0 amide bonds. The molecule has 1 aromatic rings. The topological polar surface area (TPSA) is 24.5 Å². The summed E-state index contributed by atoms with van der Waals surface area (Å²) in [6, 6.07) is 8.35. The second-order valence-electron chi connectivity index (χ2n) is 4.71. The van der Waals surface area contributed by atoms with Gasteiger partial charge in [0, 0.05) is 6.54 Å². The van der Waals surface area contributed by atoms with Crippen molar-refractivity contribution in [2.24, 2.45) is 0 Å². The summed E-state index contributed by atoms with van der Waals surface area (Å²) >= 11 is 0. The van der Waals surface area contributed by atoms with E-state index in [2.05, 4.69) is 29.4 Å². The van der Waals surface area contributed by atoms with Gasteiger partial charge in [0.05, 0.1) is 7.11 Å². The molecule has 0 saturated heterocycles. The number of methoxy groups -OCH3 is 1. The van der Waals surface area contributed by atoms with Crippen LogP contribution < -0.4 is 10.1 Å². The van der Waals surface area contributed by atoms with Gasteiger partial charge in [0.1, 0.15) is 5.75 Å². The molecule has 0 spiro atoms. The average molecular weight is 250 g/mol. The SMILES string of the molecule is CNCCCCN(C)CCc1ccc(OC)cc1. The molecule has 0 bridgehead atoms. The largest absolute Gasteiger partial charge is 0.497 e. The van der Waals surface area contributed by atoms with Gasteiger partial charge in [0.2, 0.25) is 0 Å². The van der Waals surface area contributed by atoms with Crippen molar-refractivity contribution in [3.05, 3.63) is 29.8 Å². The Balaban J connectivity index is 2.18. The molecule has 1 aromatic carbocycles. The van der Waals surface area contributed by atoms with Crippen molar-refractivity contribution in [3.63, 3.8) is 0 Å². The third kappa shape index (κ3) is 6.03. The van der Waals surface area contributed by atoms with Gasteiger partial charge in [-0.05, 0) is 64.1 Å². The first-order valence-corrected chi connectivity index (χ1v) is 6.72. The maximum Gasteiger partial charge on any atom is 0.118 e. The van der Waals surface area contributed by atoms with E-state index in [-0.39, 0.29) is 0 Å². The van der Waals surface area contributed by atoms with E-state index in [9.17, 15) is 0 Å². The number of hydrogen-bond acceptors (Lipinski definition) is 3. The fourth-order valence-corrected chi connectivity index (χ4v) is 1.91. The molecule has 0 aliphatic carbocycles. The first kappa shape index (κ1) is 15.0. The van der Waals surface area contributed by atoms with Gasteiger partial charge in [0.15, 0.2) is 0 Å². The molecular weight excluding hydrogens is 224 g/mol. The quantitative estimate of drug-likeness (QED) is 0.680. The summed E-state index contributed by atoms with van der Waals surface area (Å²) in [4.78, 5) is 2.40. The maximum absolute atomic E-state index is 5.15. The number of nitrogens with one attached hydrogen (secondary N) is 1. The van der Waals surface area contributed by atoms with Crippen LogP contribution in [0.3, 0.4) is 0 Å². The third-order valence-electron chi connectivity index (χ3n) is 3.16. The summed E-state index contributed by atoms with van der Waals surface area (Å²) < 4.78 is 5.15. The van der Waals surface area contributed by atoms with E-state index in [0.717, 1.165) is 25.3 Å². The van der Waals surface area contributed by atoms with Crippen LogP contribution in [0.25, 0.3) is 0 Å². The number of nitrogens with zero attached hydrogens (tertiary/aromatic N) is 1. The average Bonchev–Trinajstić information content (AvgIpc) is 2.42. The summed E-state index contributed by atoms with van der Waals surface area (Å²) in [6.07, 6.45) is 3.62.